The van der Waals surface area contributed by atoms with Gasteiger partial charge in [0.25, 0.3) is 0 Å². The van der Waals surface area contributed by atoms with Crippen molar-refractivity contribution in [3.8, 4) is 12.1 Å². The van der Waals surface area contributed by atoms with Crippen LogP contribution in [0.3, 0.4) is 0 Å². The summed E-state index contributed by atoms with van der Waals surface area (Å²) in [5, 5.41) is 25.8. The number of nitriles is 2. The molecular weight excluding hydrogens is 216 g/mol. The number of nitrogens with one attached hydrogen (secondary N) is 1. The Kier molecular flexibility index (Phi) is 2.71. The highest BCUT2D eigenvalue weighted by atomic mass is 15.3. The van der Waals surface area contributed by atoms with Gasteiger partial charge in [0.2, 0.25) is 5.71 Å². The number of hydrazone groups is 1. The summed E-state index contributed by atoms with van der Waals surface area (Å²) in [6.07, 6.45) is 1.74. The Hall–Kier alpha value is -2.86. The van der Waals surface area contributed by atoms with Crippen molar-refractivity contribution in [2.24, 2.45) is 12.1 Å². The quantitative estimate of drug-likeness (QED) is 0.616. The van der Waals surface area contributed by atoms with Gasteiger partial charge in [0.05, 0.1) is 17.4 Å². The van der Waals surface area contributed by atoms with Crippen molar-refractivity contribution in [3.63, 3.8) is 0 Å². The van der Waals surface area contributed by atoms with E-state index in [9.17, 15) is 0 Å². The largest absolute Gasteiger partial charge is 0.276 e. The number of nitrogens with zero attached hydrogens (tertiary/aromatic N) is 5. The highest BCUT2D eigenvalue weighted by Gasteiger charge is 2.00. The van der Waals surface area contributed by atoms with Gasteiger partial charge in [-0.15, -0.1) is 0 Å². The number of hydrogen-bond donors (Lipinski definition) is 1. The van der Waals surface area contributed by atoms with Crippen molar-refractivity contribution >= 4 is 22.3 Å². The molecule has 0 saturated heterocycles. The normalized spacial score (nSPS) is 9.35. The van der Waals surface area contributed by atoms with Gasteiger partial charge in [-0.25, -0.2) is 0 Å². The third kappa shape index (κ3) is 2.06. The molecule has 0 fully saturated rings. The average Bonchev–Trinajstić information content (AvgIpc) is 2.72. The minimum atomic E-state index is -0.212. The zero-order valence-electron chi connectivity index (χ0n) is 9.05. The number of aryl methyl sites for hydroxylation is 1. The molecule has 0 saturated carbocycles. The fourth-order valence-electron chi connectivity index (χ4n) is 1.43. The summed E-state index contributed by atoms with van der Waals surface area (Å²) >= 11 is 0. The molecule has 0 radical (unpaired) electrons. The van der Waals surface area contributed by atoms with Gasteiger partial charge in [0.1, 0.15) is 12.1 Å². The molecule has 82 valence electrons. The van der Waals surface area contributed by atoms with Crippen LogP contribution in [0.5, 0.6) is 0 Å². The van der Waals surface area contributed by atoms with Crippen LogP contribution < -0.4 is 5.43 Å². The molecule has 0 spiro atoms. The van der Waals surface area contributed by atoms with E-state index < -0.39 is 0 Å². The first-order valence-electron chi connectivity index (χ1n) is 4.80. The zero-order chi connectivity index (χ0) is 12.3. The minimum absolute atomic E-state index is 0.212. The van der Waals surface area contributed by atoms with Gasteiger partial charge in [-0.3, -0.25) is 10.1 Å². The molecule has 2 rings (SSSR count). The Morgan fingerprint density at radius 1 is 1.41 bits per heavy atom. The van der Waals surface area contributed by atoms with Crippen LogP contribution in [-0.2, 0) is 7.05 Å². The second kappa shape index (κ2) is 4.33. The Bertz CT molecular complexity index is 651. The minimum Gasteiger partial charge on any atom is -0.276 e. The SMILES string of the molecule is Cn1ncc2cc(NN=C(C#N)C#N)ccc21. The van der Waals surface area contributed by atoms with E-state index >= 15 is 0 Å². The summed E-state index contributed by atoms with van der Waals surface area (Å²) in [6, 6.07) is 8.88. The first kappa shape index (κ1) is 10.7. The third-order valence-corrected chi connectivity index (χ3v) is 2.25. The molecule has 0 unspecified atom stereocenters. The van der Waals surface area contributed by atoms with Crippen LogP contribution in [0.15, 0.2) is 29.5 Å². The second-order valence-corrected chi connectivity index (χ2v) is 3.34. The molecule has 0 aliphatic carbocycles. The van der Waals surface area contributed by atoms with Crippen LogP contribution >= 0.6 is 0 Å². The summed E-state index contributed by atoms with van der Waals surface area (Å²) in [4.78, 5) is 0. The molecule has 0 amide bonds. The lowest BCUT2D eigenvalue weighted by atomic mass is 10.2. The number of rotatable bonds is 2. The van der Waals surface area contributed by atoms with Gasteiger partial charge in [-0.2, -0.15) is 20.7 Å². The van der Waals surface area contributed by atoms with Crippen molar-refractivity contribution in [1.82, 2.24) is 9.78 Å². The number of hydrogen-bond acceptors (Lipinski definition) is 5. The van der Waals surface area contributed by atoms with Gasteiger partial charge >= 0.3 is 0 Å². The molecule has 0 aliphatic rings. The highest BCUT2D eigenvalue weighted by molar-refractivity contribution is 6.10. The first-order valence-corrected chi connectivity index (χ1v) is 4.80. The molecule has 1 heterocycles. The lowest BCUT2D eigenvalue weighted by Crippen LogP contribution is -1.96. The summed E-state index contributed by atoms with van der Waals surface area (Å²) in [7, 11) is 1.86. The zero-order valence-corrected chi connectivity index (χ0v) is 9.05. The number of benzene rings is 1. The van der Waals surface area contributed by atoms with Crippen molar-refractivity contribution < 1.29 is 0 Å². The summed E-state index contributed by atoms with van der Waals surface area (Å²) in [5.41, 5.74) is 4.14. The van der Waals surface area contributed by atoms with Crippen molar-refractivity contribution in [3.05, 3.63) is 24.4 Å². The molecule has 17 heavy (non-hydrogen) atoms. The molecule has 0 atom stereocenters. The van der Waals surface area contributed by atoms with Crippen LogP contribution in [0.4, 0.5) is 5.69 Å². The van der Waals surface area contributed by atoms with Gasteiger partial charge in [0.15, 0.2) is 0 Å². The average molecular weight is 224 g/mol. The van der Waals surface area contributed by atoms with Crippen LogP contribution in [-0.4, -0.2) is 15.5 Å². The van der Waals surface area contributed by atoms with E-state index in [4.69, 9.17) is 10.5 Å². The highest BCUT2D eigenvalue weighted by Crippen LogP contribution is 2.18. The summed E-state index contributed by atoms with van der Waals surface area (Å²) in [6.45, 7) is 0. The van der Waals surface area contributed by atoms with Crippen LogP contribution in [0, 0.1) is 22.7 Å². The lowest BCUT2D eigenvalue weighted by molar-refractivity contribution is 0.797. The van der Waals surface area contributed by atoms with Gasteiger partial charge < -0.3 is 0 Å². The molecule has 1 N–H and O–H groups in total. The van der Waals surface area contributed by atoms with E-state index in [2.05, 4.69) is 15.6 Å². The molecule has 0 bridgehead atoms. The standard InChI is InChI=1S/C11H8N6/c1-17-11-3-2-9(4-8(11)7-14-17)15-16-10(5-12)6-13/h2-4,7,15H,1H3. The Labute approximate surface area is 97.4 Å². The smallest absolute Gasteiger partial charge is 0.237 e. The first-order chi connectivity index (χ1) is 8.24. The van der Waals surface area contributed by atoms with E-state index in [-0.39, 0.29) is 5.71 Å². The molecule has 6 heteroatoms. The number of anilines is 1. The van der Waals surface area contributed by atoms with Crippen LogP contribution in [0.25, 0.3) is 10.9 Å². The maximum Gasteiger partial charge on any atom is 0.237 e. The fourth-order valence-corrected chi connectivity index (χ4v) is 1.43. The maximum atomic E-state index is 8.52. The second-order valence-electron chi connectivity index (χ2n) is 3.34. The van der Waals surface area contributed by atoms with Crippen LogP contribution in [0.1, 0.15) is 0 Å². The molecule has 0 aliphatic heterocycles. The predicted octanol–water partition coefficient (Wildman–Crippen LogP) is 1.39. The topological polar surface area (TPSA) is 89.8 Å². The Balaban J connectivity index is 2.30. The summed E-state index contributed by atoms with van der Waals surface area (Å²) < 4.78 is 1.76. The van der Waals surface area contributed by atoms with Crippen molar-refractivity contribution in [2.45, 2.75) is 0 Å². The van der Waals surface area contributed by atoms with Crippen molar-refractivity contribution in [2.75, 3.05) is 5.43 Å². The Morgan fingerprint density at radius 3 is 2.88 bits per heavy atom. The molecule has 6 nitrogen and oxygen atoms in total. The fraction of sp³-hybridized carbons (Fsp3) is 0.0909. The third-order valence-electron chi connectivity index (χ3n) is 2.25. The van der Waals surface area contributed by atoms with Gasteiger partial charge in [0, 0.05) is 12.4 Å². The predicted molar refractivity (Wildman–Crippen MR) is 63.0 cm³/mol. The van der Waals surface area contributed by atoms with Gasteiger partial charge in [-0.1, -0.05) is 0 Å². The van der Waals surface area contributed by atoms with Gasteiger partial charge in [-0.05, 0) is 18.2 Å². The molecule has 1 aromatic heterocycles. The van der Waals surface area contributed by atoms with E-state index in [1.165, 1.54) is 0 Å². The van der Waals surface area contributed by atoms with E-state index in [1.54, 1.807) is 29.1 Å². The van der Waals surface area contributed by atoms with Crippen molar-refractivity contribution in [1.29, 1.82) is 10.5 Å². The van der Waals surface area contributed by atoms with E-state index in [0.29, 0.717) is 5.69 Å². The number of fused-ring (bicyclic) bond motifs is 1. The summed E-state index contributed by atoms with van der Waals surface area (Å²) in [5.74, 6) is 0. The van der Waals surface area contributed by atoms with E-state index in [0.717, 1.165) is 10.9 Å². The molecular formula is C11H8N6. The molecule has 2 aromatic rings. The monoisotopic (exact) mass is 224 g/mol. The molecule has 1 aromatic carbocycles. The maximum absolute atomic E-state index is 8.52. The number of aromatic nitrogens is 2. The van der Waals surface area contributed by atoms with Crippen LogP contribution in [0.2, 0.25) is 0 Å². The van der Waals surface area contributed by atoms with E-state index in [1.807, 2.05) is 19.2 Å². The Morgan fingerprint density at radius 2 is 2.18 bits per heavy atom. The lowest BCUT2D eigenvalue weighted by Gasteiger charge is -2.00.